The average Bonchev–Trinajstić information content (AvgIpc) is 1.96. The van der Waals surface area contributed by atoms with Crippen LogP contribution in [0.4, 0.5) is 0 Å². The van der Waals surface area contributed by atoms with Crippen molar-refractivity contribution in [2.45, 2.75) is 32.8 Å². The predicted octanol–water partition coefficient (Wildman–Crippen LogP) is 0.869. The van der Waals surface area contributed by atoms with Gasteiger partial charge in [-0.2, -0.15) is 0 Å². The van der Waals surface area contributed by atoms with Crippen LogP contribution < -0.4 is 5.48 Å². The Morgan fingerprint density at radius 3 is 2.42 bits per heavy atom. The Labute approximate surface area is 73.2 Å². The van der Waals surface area contributed by atoms with Crippen molar-refractivity contribution in [3.8, 4) is 0 Å². The summed E-state index contributed by atoms with van der Waals surface area (Å²) < 4.78 is 4.45. The molecule has 0 atom stereocenters. The van der Waals surface area contributed by atoms with Gasteiger partial charge in [0.25, 0.3) is 0 Å². The van der Waals surface area contributed by atoms with Gasteiger partial charge in [0.15, 0.2) is 0 Å². The first kappa shape index (κ1) is 11.4. The van der Waals surface area contributed by atoms with E-state index in [1.54, 1.807) is 0 Å². The lowest BCUT2D eigenvalue weighted by molar-refractivity contribution is -0.142. The summed E-state index contributed by atoms with van der Waals surface area (Å²) in [6.07, 6.45) is 0.326. The largest absolute Gasteiger partial charge is 0.469 e. The maximum atomic E-state index is 10.6. The summed E-state index contributed by atoms with van der Waals surface area (Å²) in [5, 5.41) is 0. The van der Waals surface area contributed by atoms with Gasteiger partial charge in [-0.05, 0) is 20.8 Å². The maximum absolute atomic E-state index is 10.6. The summed E-state index contributed by atoms with van der Waals surface area (Å²) in [6, 6.07) is 0. The Bertz CT molecular complexity index is 140. The molecule has 0 aromatic rings. The van der Waals surface area contributed by atoms with Crippen LogP contribution >= 0.6 is 0 Å². The fourth-order valence-corrected chi connectivity index (χ4v) is 0.523. The van der Waals surface area contributed by atoms with E-state index in [0.717, 1.165) is 0 Å². The Kier molecular flexibility index (Phi) is 4.85. The quantitative estimate of drug-likeness (QED) is 0.391. The standard InChI is InChI=1S/C8H17NO3/c1-8(2,3)12-9-6-5-7(10)11-4/h9H,5-6H2,1-4H3. The summed E-state index contributed by atoms with van der Waals surface area (Å²) in [5.41, 5.74) is 2.46. The van der Waals surface area contributed by atoms with E-state index in [9.17, 15) is 4.79 Å². The van der Waals surface area contributed by atoms with E-state index in [1.807, 2.05) is 20.8 Å². The lowest BCUT2D eigenvalue weighted by Gasteiger charge is -2.18. The molecule has 4 nitrogen and oxygen atoms in total. The maximum Gasteiger partial charge on any atom is 0.306 e. The van der Waals surface area contributed by atoms with Gasteiger partial charge in [0.1, 0.15) is 0 Å². The summed E-state index contributed by atoms with van der Waals surface area (Å²) in [7, 11) is 1.37. The Hall–Kier alpha value is -0.610. The highest BCUT2D eigenvalue weighted by Crippen LogP contribution is 2.03. The topological polar surface area (TPSA) is 47.6 Å². The van der Waals surface area contributed by atoms with Crippen LogP contribution in [0.3, 0.4) is 0 Å². The van der Waals surface area contributed by atoms with Crippen LogP contribution in [0.2, 0.25) is 0 Å². The van der Waals surface area contributed by atoms with Gasteiger partial charge in [0.2, 0.25) is 0 Å². The number of rotatable bonds is 4. The second-order valence-electron chi connectivity index (χ2n) is 3.43. The molecule has 0 radical (unpaired) electrons. The van der Waals surface area contributed by atoms with Gasteiger partial charge in [-0.15, -0.1) is 0 Å². The molecule has 0 fully saturated rings. The number of nitrogens with one attached hydrogen (secondary N) is 1. The molecule has 0 spiro atoms. The van der Waals surface area contributed by atoms with Crippen molar-refractivity contribution in [3.05, 3.63) is 0 Å². The highest BCUT2D eigenvalue weighted by atomic mass is 16.7. The molecule has 0 bridgehead atoms. The van der Waals surface area contributed by atoms with Crippen molar-refractivity contribution >= 4 is 5.97 Å². The Balaban J connectivity index is 3.28. The van der Waals surface area contributed by atoms with Gasteiger partial charge in [-0.1, -0.05) is 0 Å². The van der Waals surface area contributed by atoms with E-state index in [0.29, 0.717) is 13.0 Å². The monoisotopic (exact) mass is 175 g/mol. The lowest BCUT2D eigenvalue weighted by Crippen LogP contribution is -2.30. The molecule has 72 valence electrons. The molecule has 0 aliphatic heterocycles. The van der Waals surface area contributed by atoms with Gasteiger partial charge < -0.3 is 4.74 Å². The van der Waals surface area contributed by atoms with Crippen LogP contribution in [0.5, 0.6) is 0 Å². The number of hydrogen-bond acceptors (Lipinski definition) is 4. The van der Waals surface area contributed by atoms with Crippen LogP contribution in [0.25, 0.3) is 0 Å². The van der Waals surface area contributed by atoms with Crippen LogP contribution in [-0.2, 0) is 14.4 Å². The minimum atomic E-state index is -0.236. The lowest BCUT2D eigenvalue weighted by atomic mass is 10.2. The molecule has 1 N–H and O–H groups in total. The average molecular weight is 175 g/mol. The fourth-order valence-electron chi connectivity index (χ4n) is 0.523. The SMILES string of the molecule is COC(=O)CCNOC(C)(C)C. The van der Waals surface area contributed by atoms with E-state index in [4.69, 9.17) is 4.84 Å². The molecule has 12 heavy (non-hydrogen) atoms. The van der Waals surface area contributed by atoms with E-state index >= 15 is 0 Å². The number of hydrogen-bond donors (Lipinski definition) is 1. The smallest absolute Gasteiger partial charge is 0.306 e. The number of hydroxylamine groups is 1. The number of carbonyl (C=O) groups excluding carboxylic acids is 1. The molecule has 0 saturated heterocycles. The molecule has 0 aliphatic rings. The van der Waals surface area contributed by atoms with E-state index in [-0.39, 0.29) is 11.6 Å². The molecule has 4 heteroatoms. The third-order valence-corrected chi connectivity index (χ3v) is 1.04. The third-order valence-electron chi connectivity index (χ3n) is 1.04. The van der Waals surface area contributed by atoms with E-state index in [1.165, 1.54) is 7.11 Å². The minimum absolute atomic E-state index is 0.226. The van der Waals surface area contributed by atoms with Crippen LogP contribution in [0.15, 0.2) is 0 Å². The van der Waals surface area contributed by atoms with Crippen LogP contribution in [0, 0.1) is 0 Å². The van der Waals surface area contributed by atoms with Crippen molar-refractivity contribution in [1.82, 2.24) is 5.48 Å². The van der Waals surface area contributed by atoms with Crippen molar-refractivity contribution in [2.75, 3.05) is 13.7 Å². The summed E-state index contributed by atoms with van der Waals surface area (Å²) in [5.74, 6) is -0.236. The third kappa shape index (κ3) is 7.50. The number of ether oxygens (including phenoxy) is 1. The summed E-state index contributed by atoms with van der Waals surface area (Å²) in [6.45, 7) is 6.26. The molecule has 0 aromatic heterocycles. The molecular weight excluding hydrogens is 158 g/mol. The van der Waals surface area contributed by atoms with E-state index < -0.39 is 0 Å². The molecule has 0 rings (SSSR count). The highest BCUT2D eigenvalue weighted by Gasteiger charge is 2.09. The molecule has 0 aromatic carbocycles. The van der Waals surface area contributed by atoms with Gasteiger partial charge in [0.05, 0.1) is 19.1 Å². The number of esters is 1. The fraction of sp³-hybridized carbons (Fsp3) is 0.875. The second-order valence-corrected chi connectivity index (χ2v) is 3.43. The van der Waals surface area contributed by atoms with Crippen LogP contribution in [0.1, 0.15) is 27.2 Å². The summed E-state index contributed by atoms with van der Waals surface area (Å²) >= 11 is 0. The van der Waals surface area contributed by atoms with Gasteiger partial charge in [0, 0.05) is 6.54 Å². The Morgan fingerprint density at radius 1 is 1.42 bits per heavy atom. The molecule has 0 unspecified atom stereocenters. The number of methoxy groups -OCH3 is 1. The second kappa shape index (κ2) is 5.11. The molecule has 0 amide bonds. The van der Waals surface area contributed by atoms with Crippen molar-refractivity contribution in [3.63, 3.8) is 0 Å². The first-order chi connectivity index (χ1) is 5.45. The van der Waals surface area contributed by atoms with Gasteiger partial charge >= 0.3 is 5.97 Å². The highest BCUT2D eigenvalue weighted by molar-refractivity contribution is 5.69. The molecular formula is C8H17NO3. The van der Waals surface area contributed by atoms with Gasteiger partial charge in [-0.25, -0.2) is 5.48 Å². The first-order valence-electron chi connectivity index (χ1n) is 3.93. The number of carbonyl (C=O) groups is 1. The zero-order valence-corrected chi connectivity index (χ0v) is 8.14. The minimum Gasteiger partial charge on any atom is -0.469 e. The molecule has 0 heterocycles. The first-order valence-corrected chi connectivity index (χ1v) is 3.93. The zero-order valence-electron chi connectivity index (χ0n) is 8.14. The van der Waals surface area contributed by atoms with E-state index in [2.05, 4.69) is 10.2 Å². The van der Waals surface area contributed by atoms with Crippen molar-refractivity contribution < 1.29 is 14.4 Å². The van der Waals surface area contributed by atoms with Crippen molar-refractivity contribution in [2.24, 2.45) is 0 Å². The van der Waals surface area contributed by atoms with Gasteiger partial charge in [-0.3, -0.25) is 9.63 Å². The summed E-state index contributed by atoms with van der Waals surface area (Å²) in [4.78, 5) is 15.8. The zero-order chi connectivity index (χ0) is 9.61. The Morgan fingerprint density at radius 2 is 2.00 bits per heavy atom. The normalized spacial score (nSPS) is 11.3. The predicted molar refractivity (Wildman–Crippen MR) is 45.5 cm³/mol. The van der Waals surface area contributed by atoms with Crippen molar-refractivity contribution in [1.29, 1.82) is 0 Å². The van der Waals surface area contributed by atoms with Crippen LogP contribution in [-0.4, -0.2) is 25.2 Å². The molecule has 0 saturated carbocycles. The molecule has 0 aliphatic carbocycles.